The highest BCUT2D eigenvalue weighted by Crippen LogP contribution is 2.19. The molecule has 0 radical (unpaired) electrons. The van der Waals surface area contributed by atoms with E-state index in [0.29, 0.717) is 25.8 Å². The predicted octanol–water partition coefficient (Wildman–Crippen LogP) is 2.87. The Labute approximate surface area is 112 Å². The average Bonchev–Trinajstić information content (AvgIpc) is 2.37. The van der Waals surface area contributed by atoms with Gasteiger partial charge in [-0.1, -0.05) is 39.0 Å². The molecule has 3 nitrogen and oxygen atoms in total. The molecule has 1 unspecified atom stereocenters. The van der Waals surface area contributed by atoms with Crippen molar-refractivity contribution in [2.75, 3.05) is 19.8 Å². The van der Waals surface area contributed by atoms with Crippen LogP contribution in [0.4, 0.5) is 0 Å². The van der Waals surface area contributed by atoms with Crippen LogP contribution in [-0.4, -0.2) is 36.5 Å². The minimum atomic E-state index is -0.533. The van der Waals surface area contributed by atoms with Crippen LogP contribution in [0.15, 0.2) is 0 Å². The van der Waals surface area contributed by atoms with Crippen molar-refractivity contribution in [3.05, 3.63) is 0 Å². The molecule has 1 heterocycles. The van der Waals surface area contributed by atoms with E-state index >= 15 is 0 Å². The molecule has 0 aromatic rings. The monoisotopic (exact) mass is 257 g/mol. The van der Waals surface area contributed by atoms with Crippen LogP contribution in [0.1, 0.15) is 65.2 Å². The van der Waals surface area contributed by atoms with E-state index in [1.54, 1.807) is 0 Å². The SMILES string of the molecule is CCCCCCCC(C)NCC1(O)CCOCC1. The molecule has 3 heteroatoms. The third-order valence-corrected chi connectivity index (χ3v) is 3.94. The normalized spacial score (nSPS) is 20.8. The third kappa shape index (κ3) is 6.72. The fraction of sp³-hybridized carbons (Fsp3) is 1.00. The zero-order valence-electron chi connectivity index (χ0n) is 12.2. The maximum absolute atomic E-state index is 10.3. The first-order valence-electron chi connectivity index (χ1n) is 7.70. The van der Waals surface area contributed by atoms with Gasteiger partial charge >= 0.3 is 0 Å². The second-order valence-corrected chi connectivity index (χ2v) is 5.82. The van der Waals surface area contributed by atoms with Crippen LogP contribution in [0.5, 0.6) is 0 Å². The summed E-state index contributed by atoms with van der Waals surface area (Å²) in [6, 6.07) is 0.512. The van der Waals surface area contributed by atoms with Crippen LogP contribution in [0, 0.1) is 0 Å². The Kier molecular flexibility index (Phi) is 7.87. The lowest BCUT2D eigenvalue weighted by atomic mass is 9.94. The Morgan fingerprint density at radius 3 is 2.50 bits per heavy atom. The fourth-order valence-corrected chi connectivity index (χ4v) is 2.45. The molecule has 0 bridgehead atoms. The van der Waals surface area contributed by atoms with Crippen molar-refractivity contribution in [1.82, 2.24) is 5.32 Å². The molecule has 1 aliphatic heterocycles. The molecule has 0 spiro atoms. The summed E-state index contributed by atoms with van der Waals surface area (Å²) in [7, 11) is 0. The lowest BCUT2D eigenvalue weighted by Gasteiger charge is -2.33. The summed E-state index contributed by atoms with van der Waals surface area (Å²) in [5.41, 5.74) is -0.533. The van der Waals surface area contributed by atoms with Gasteiger partial charge in [-0.15, -0.1) is 0 Å². The molecule has 0 aromatic heterocycles. The standard InChI is InChI=1S/C15H31NO2/c1-3-4-5-6-7-8-14(2)16-13-15(17)9-11-18-12-10-15/h14,16-17H,3-13H2,1-2H3. The number of hydrogen-bond donors (Lipinski definition) is 2. The Morgan fingerprint density at radius 2 is 1.83 bits per heavy atom. The highest BCUT2D eigenvalue weighted by atomic mass is 16.5. The van der Waals surface area contributed by atoms with E-state index in [1.165, 1.54) is 38.5 Å². The molecular weight excluding hydrogens is 226 g/mol. The topological polar surface area (TPSA) is 41.5 Å². The molecule has 1 fully saturated rings. The summed E-state index contributed by atoms with van der Waals surface area (Å²) in [4.78, 5) is 0. The number of nitrogens with one attached hydrogen (secondary N) is 1. The van der Waals surface area contributed by atoms with Gasteiger partial charge in [0.2, 0.25) is 0 Å². The molecule has 0 aliphatic carbocycles. The van der Waals surface area contributed by atoms with Crippen molar-refractivity contribution in [2.24, 2.45) is 0 Å². The molecule has 1 atom stereocenters. The molecule has 1 rings (SSSR count). The lowest BCUT2D eigenvalue weighted by Crippen LogP contribution is -2.47. The van der Waals surface area contributed by atoms with Crippen molar-refractivity contribution in [3.63, 3.8) is 0 Å². The summed E-state index contributed by atoms with van der Waals surface area (Å²) >= 11 is 0. The van der Waals surface area contributed by atoms with Gasteiger partial charge in [0.05, 0.1) is 5.60 Å². The molecule has 18 heavy (non-hydrogen) atoms. The summed E-state index contributed by atoms with van der Waals surface area (Å²) in [6.45, 7) is 6.58. The second-order valence-electron chi connectivity index (χ2n) is 5.82. The number of ether oxygens (including phenoxy) is 1. The summed E-state index contributed by atoms with van der Waals surface area (Å²) in [5, 5.41) is 13.8. The largest absolute Gasteiger partial charge is 0.388 e. The van der Waals surface area contributed by atoms with Crippen LogP contribution in [-0.2, 0) is 4.74 Å². The molecule has 0 saturated carbocycles. The Hall–Kier alpha value is -0.120. The Morgan fingerprint density at radius 1 is 1.17 bits per heavy atom. The first kappa shape index (κ1) is 15.9. The van der Waals surface area contributed by atoms with Gasteiger partial charge < -0.3 is 15.2 Å². The summed E-state index contributed by atoms with van der Waals surface area (Å²) in [6.07, 6.45) is 9.44. The van der Waals surface area contributed by atoms with Gasteiger partial charge in [0.25, 0.3) is 0 Å². The van der Waals surface area contributed by atoms with Crippen LogP contribution in [0.2, 0.25) is 0 Å². The molecule has 0 amide bonds. The molecule has 0 aromatic carbocycles. The molecule has 1 aliphatic rings. The van der Waals surface area contributed by atoms with Gasteiger partial charge in [-0.05, 0) is 13.3 Å². The van der Waals surface area contributed by atoms with E-state index in [2.05, 4.69) is 19.2 Å². The van der Waals surface area contributed by atoms with Gasteiger partial charge in [-0.3, -0.25) is 0 Å². The minimum Gasteiger partial charge on any atom is -0.388 e. The maximum Gasteiger partial charge on any atom is 0.0815 e. The van der Waals surface area contributed by atoms with E-state index < -0.39 is 5.60 Å². The van der Waals surface area contributed by atoms with Gasteiger partial charge in [0, 0.05) is 38.6 Å². The fourth-order valence-electron chi connectivity index (χ4n) is 2.45. The van der Waals surface area contributed by atoms with Crippen LogP contribution in [0.25, 0.3) is 0 Å². The number of hydrogen-bond acceptors (Lipinski definition) is 3. The zero-order valence-corrected chi connectivity index (χ0v) is 12.2. The Balaban J connectivity index is 2.03. The van der Waals surface area contributed by atoms with E-state index in [1.807, 2.05) is 0 Å². The van der Waals surface area contributed by atoms with Crippen molar-refractivity contribution >= 4 is 0 Å². The van der Waals surface area contributed by atoms with E-state index in [-0.39, 0.29) is 0 Å². The lowest BCUT2D eigenvalue weighted by molar-refractivity contribution is -0.0626. The molecule has 108 valence electrons. The first-order chi connectivity index (χ1) is 8.66. The third-order valence-electron chi connectivity index (χ3n) is 3.94. The summed E-state index contributed by atoms with van der Waals surface area (Å²) in [5.74, 6) is 0. The minimum absolute atomic E-state index is 0.512. The van der Waals surface area contributed by atoms with Crippen molar-refractivity contribution in [3.8, 4) is 0 Å². The van der Waals surface area contributed by atoms with E-state index in [9.17, 15) is 5.11 Å². The van der Waals surface area contributed by atoms with Crippen LogP contribution >= 0.6 is 0 Å². The number of unbranched alkanes of at least 4 members (excludes halogenated alkanes) is 4. The molecule has 1 saturated heterocycles. The smallest absolute Gasteiger partial charge is 0.0815 e. The number of aliphatic hydroxyl groups is 1. The van der Waals surface area contributed by atoms with Crippen molar-refractivity contribution in [1.29, 1.82) is 0 Å². The Bertz CT molecular complexity index is 203. The zero-order chi connectivity index (χ0) is 13.3. The molecular formula is C15H31NO2. The second kappa shape index (κ2) is 8.89. The van der Waals surface area contributed by atoms with Crippen LogP contribution < -0.4 is 5.32 Å². The highest BCUT2D eigenvalue weighted by Gasteiger charge is 2.29. The first-order valence-corrected chi connectivity index (χ1v) is 7.70. The summed E-state index contributed by atoms with van der Waals surface area (Å²) < 4.78 is 5.29. The van der Waals surface area contributed by atoms with Gasteiger partial charge in [0.15, 0.2) is 0 Å². The molecule has 2 N–H and O–H groups in total. The van der Waals surface area contributed by atoms with Crippen LogP contribution in [0.3, 0.4) is 0 Å². The highest BCUT2D eigenvalue weighted by molar-refractivity contribution is 4.84. The average molecular weight is 257 g/mol. The van der Waals surface area contributed by atoms with Gasteiger partial charge in [-0.25, -0.2) is 0 Å². The van der Waals surface area contributed by atoms with Gasteiger partial charge in [0.1, 0.15) is 0 Å². The number of rotatable bonds is 9. The van der Waals surface area contributed by atoms with Crippen molar-refractivity contribution < 1.29 is 9.84 Å². The van der Waals surface area contributed by atoms with E-state index in [0.717, 1.165) is 12.8 Å². The quantitative estimate of drug-likeness (QED) is 0.624. The van der Waals surface area contributed by atoms with Crippen molar-refractivity contribution in [2.45, 2.75) is 76.9 Å². The maximum atomic E-state index is 10.3. The predicted molar refractivity (Wildman–Crippen MR) is 75.8 cm³/mol. The van der Waals surface area contributed by atoms with Gasteiger partial charge in [-0.2, -0.15) is 0 Å². The van der Waals surface area contributed by atoms with E-state index in [4.69, 9.17) is 4.74 Å².